The van der Waals surface area contributed by atoms with Gasteiger partial charge in [0.2, 0.25) is 0 Å². The van der Waals surface area contributed by atoms with Gasteiger partial charge in [-0.3, -0.25) is 19.7 Å². The topological polar surface area (TPSA) is 72.5 Å². The number of rotatable bonds is 6. The molecule has 2 aliphatic heterocycles. The maximum Gasteiger partial charge on any atom is 0.308 e. The SMILES string of the molecule is CCc1ccccc1CN1CC(C(=O)O)C2(CCN(Cc3ccn[nH]3)CC2)C1. The van der Waals surface area contributed by atoms with Gasteiger partial charge in [-0.15, -0.1) is 0 Å². The van der Waals surface area contributed by atoms with Crippen LogP contribution >= 0.6 is 0 Å². The molecule has 150 valence electrons. The van der Waals surface area contributed by atoms with Gasteiger partial charge in [-0.1, -0.05) is 31.2 Å². The quantitative estimate of drug-likeness (QED) is 0.804. The van der Waals surface area contributed by atoms with Crippen molar-refractivity contribution in [2.45, 2.75) is 39.3 Å². The molecule has 2 saturated heterocycles. The van der Waals surface area contributed by atoms with Crippen LogP contribution in [0.4, 0.5) is 0 Å². The lowest BCUT2D eigenvalue weighted by molar-refractivity contribution is -0.146. The molecule has 0 radical (unpaired) electrons. The first-order valence-electron chi connectivity index (χ1n) is 10.3. The van der Waals surface area contributed by atoms with Crippen molar-refractivity contribution in [2.24, 2.45) is 11.3 Å². The van der Waals surface area contributed by atoms with Crippen molar-refractivity contribution >= 4 is 5.97 Å². The monoisotopic (exact) mass is 382 g/mol. The number of hydrogen-bond donors (Lipinski definition) is 2. The fourth-order valence-corrected chi connectivity index (χ4v) is 5.11. The van der Waals surface area contributed by atoms with E-state index in [4.69, 9.17) is 0 Å². The average Bonchev–Trinajstić information content (AvgIpc) is 3.32. The van der Waals surface area contributed by atoms with Crippen molar-refractivity contribution in [3.05, 3.63) is 53.3 Å². The predicted octanol–water partition coefficient (Wildman–Crippen LogP) is 2.77. The molecular formula is C22H30N4O2. The van der Waals surface area contributed by atoms with Gasteiger partial charge >= 0.3 is 5.97 Å². The molecule has 28 heavy (non-hydrogen) atoms. The summed E-state index contributed by atoms with van der Waals surface area (Å²) in [4.78, 5) is 16.9. The zero-order valence-corrected chi connectivity index (χ0v) is 16.6. The van der Waals surface area contributed by atoms with Crippen LogP contribution in [-0.2, 0) is 24.3 Å². The first-order valence-corrected chi connectivity index (χ1v) is 10.3. The Morgan fingerprint density at radius 3 is 2.57 bits per heavy atom. The zero-order chi connectivity index (χ0) is 19.6. The lowest BCUT2D eigenvalue weighted by Crippen LogP contribution is -2.45. The number of aryl methyl sites for hydroxylation is 1. The molecule has 1 aromatic heterocycles. The van der Waals surface area contributed by atoms with Gasteiger partial charge in [0.15, 0.2) is 0 Å². The van der Waals surface area contributed by atoms with E-state index in [1.807, 2.05) is 6.07 Å². The predicted molar refractivity (Wildman–Crippen MR) is 108 cm³/mol. The molecule has 2 fully saturated rings. The largest absolute Gasteiger partial charge is 0.481 e. The van der Waals surface area contributed by atoms with E-state index in [-0.39, 0.29) is 11.3 Å². The molecular weight excluding hydrogens is 352 g/mol. The number of nitrogens with one attached hydrogen (secondary N) is 1. The van der Waals surface area contributed by atoms with Gasteiger partial charge in [0, 0.05) is 43.5 Å². The minimum absolute atomic E-state index is 0.0997. The van der Waals surface area contributed by atoms with Crippen LogP contribution in [0.1, 0.15) is 36.6 Å². The molecule has 0 aliphatic carbocycles. The van der Waals surface area contributed by atoms with Gasteiger partial charge in [0.1, 0.15) is 0 Å². The number of carboxylic acids is 1. The Kier molecular flexibility index (Phi) is 5.51. The smallest absolute Gasteiger partial charge is 0.308 e. The number of benzene rings is 1. The number of hydrogen-bond acceptors (Lipinski definition) is 4. The summed E-state index contributed by atoms with van der Waals surface area (Å²) in [7, 11) is 0. The molecule has 6 nitrogen and oxygen atoms in total. The van der Waals surface area contributed by atoms with Gasteiger partial charge in [-0.25, -0.2) is 0 Å². The van der Waals surface area contributed by atoms with Crippen LogP contribution in [0, 0.1) is 11.3 Å². The Morgan fingerprint density at radius 2 is 1.93 bits per heavy atom. The number of aliphatic carboxylic acids is 1. The van der Waals surface area contributed by atoms with Crippen LogP contribution in [0.2, 0.25) is 0 Å². The molecule has 3 heterocycles. The first kappa shape index (κ1) is 19.2. The van der Waals surface area contributed by atoms with E-state index in [1.165, 1.54) is 11.1 Å². The summed E-state index contributed by atoms with van der Waals surface area (Å²) in [6, 6.07) is 10.6. The summed E-state index contributed by atoms with van der Waals surface area (Å²) in [5, 5.41) is 17.0. The zero-order valence-electron chi connectivity index (χ0n) is 16.6. The number of carboxylic acid groups (broad SMARTS) is 1. The third-order valence-electron chi connectivity index (χ3n) is 6.71. The van der Waals surface area contributed by atoms with Gasteiger partial charge < -0.3 is 5.11 Å². The molecule has 1 spiro atoms. The number of likely N-dealkylation sites (tertiary alicyclic amines) is 2. The van der Waals surface area contributed by atoms with Crippen LogP contribution in [-0.4, -0.2) is 57.3 Å². The summed E-state index contributed by atoms with van der Waals surface area (Å²) in [6.07, 6.45) is 4.69. The fraction of sp³-hybridized carbons (Fsp3) is 0.545. The Hall–Kier alpha value is -2.18. The van der Waals surface area contributed by atoms with E-state index in [9.17, 15) is 9.90 Å². The molecule has 0 bridgehead atoms. The van der Waals surface area contributed by atoms with Gasteiger partial charge in [-0.2, -0.15) is 5.10 Å². The summed E-state index contributed by atoms with van der Waals surface area (Å²) < 4.78 is 0. The standard InChI is InChI=1S/C22H30N4O2/c1-2-17-5-3-4-6-18(17)13-26-15-20(21(27)28)22(16-26)8-11-25(12-9-22)14-19-7-10-23-24-19/h3-7,10,20H,2,8-9,11-16H2,1H3,(H,23,24)(H,27,28). The molecule has 4 rings (SSSR count). The van der Waals surface area contributed by atoms with E-state index >= 15 is 0 Å². The van der Waals surface area contributed by atoms with Crippen molar-refractivity contribution in [3.8, 4) is 0 Å². The van der Waals surface area contributed by atoms with Gasteiger partial charge in [0.25, 0.3) is 0 Å². The third-order valence-corrected chi connectivity index (χ3v) is 6.71. The van der Waals surface area contributed by atoms with Crippen molar-refractivity contribution in [1.29, 1.82) is 0 Å². The van der Waals surface area contributed by atoms with E-state index in [1.54, 1.807) is 6.20 Å². The number of aromatic amines is 1. The Balaban J connectivity index is 1.44. The number of piperidine rings is 1. The second-order valence-corrected chi connectivity index (χ2v) is 8.40. The molecule has 2 N–H and O–H groups in total. The highest BCUT2D eigenvalue weighted by atomic mass is 16.4. The van der Waals surface area contributed by atoms with E-state index in [0.29, 0.717) is 6.54 Å². The maximum atomic E-state index is 12.1. The van der Waals surface area contributed by atoms with Crippen LogP contribution in [0.5, 0.6) is 0 Å². The van der Waals surface area contributed by atoms with Gasteiger partial charge in [0.05, 0.1) is 5.92 Å². The molecule has 1 unspecified atom stereocenters. The Bertz CT molecular complexity index is 797. The Labute approximate surface area is 166 Å². The highest BCUT2D eigenvalue weighted by molar-refractivity contribution is 5.72. The van der Waals surface area contributed by atoms with Crippen molar-refractivity contribution in [2.75, 3.05) is 26.2 Å². The highest BCUT2D eigenvalue weighted by Gasteiger charge is 2.51. The second kappa shape index (κ2) is 8.05. The molecule has 1 aromatic carbocycles. The lowest BCUT2D eigenvalue weighted by Gasteiger charge is -2.41. The molecule has 2 aromatic rings. The van der Waals surface area contributed by atoms with Crippen molar-refractivity contribution in [3.63, 3.8) is 0 Å². The van der Waals surface area contributed by atoms with Crippen molar-refractivity contribution < 1.29 is 9.90 Å². The lowest BCUT2D eigenvalue weighted by atomic mass is 9.71. The van der Waals surface area contributed by atoms with E-state index in [0.717, 1.165) is 57.7 Å². The number of aromatic nitrogens is 2. The number of nitrogens with zero attached hydrogens (tertiary/aromatic N) is 3. The minimum atomic E-state index is -0.631. The normalized spacial score (nSPS) is 22.7. The molecule has 6 heteroatoms. The summed E-state index contributed by atoms with van der Waals surface area (Å²) in [5.74, 6) is -0.899. The summed E-state index contributed by atoms with van der Waals surface area (Å²) in [6.45, 7) is 7.34. The van der Waals surface area contributed by atoms with Crippen molar-refractivity contribution in [1.82, 2.24) is 20.0 Å². The summed E-state index contributed by atoms with van der Waals surface area (Å²) in [5.41, 5.74) is 3.72. The Morgan fingerprint density at radius 1 is 1.18 bits per heavy atom. The second-order valence-electron chi connectivity index (χ2n) is 8.40. The average molecular weight is 383 g/mol. The van der Waals surface area contributed by atoms with Crippen LogP contribution in [0.25, 0.3) is 0 Å². The van der Waals surface area contributed by atoms with E-state index in [2.05, 4.69) is 51.2 Å². The molecule has 0 saturated carbocycles. The van der Waals surface area contributed by atoms with Crippen LogP contribution in [0.3, 0.4) is 0 Å². The van der Waals surface area contributed by atoms with Gasteiger partial charge in [-0.05, 0) is 49.5 Å². The maximum absolute atomic E-state index is 12.1. The summed E-state index contributed by atoms with van der Waals surface area (Å²) >= 11 is 0. The first-order chi connectivity index (χ1) is 13.6. The van der Waals surface area contributed by atoms with Crippen LogP contribution < -0.4 is 0 Å². The van der Waals surface area contributed by atoms with E-state index < -0.39 is 5.97 Å². The fourth-order valence-electron chi connectivity index (χ4n) is 5.11. The third kappa shape index (κ3) is 3.84. The molecule has 0 amide bonds. The minimum Gasteiger partial charge on any atom is -0.481 e. The number of H-pyrrole nitrogens is 1. The highest BCUT2D eigenvalue weighted by Crippen LogP contribution is 2.45. The molecule has 1 atom stereocenters. The van der Waals surface area contributed by atoms with Crippen LogP contribution in [0.15, 0.2) is 36.5 Å². The molecule has 2 aliphatic rings. The number of carbonyl (C=O) groups is 1.